The molecule has 9 nitrogen and oxygen atoms in total. The molecule has 40 heavy (non-hydrogen) atoms. The third-order valence-corrected chi connectivity index (χ3v) is 6.65. The van der Waals surface area contributed by atoms with Crippen molar-refractivity contribution >= 4 is 47.1 Å². The summed E-state index contributed by atoms with van der Waals surface area (Å²) >= 11 is 8.36. The number of aromatic amines is 1. The number of halogens is 1. The van der Waals surface area contributed by atoms with Gasteiger partial charge >= 0.3 is 11.9 Å². The van der Waals surface area contributed by atoms with Crippen LogP contribution in [0.15, 0.2) is 87.9 Å². The molecule has 2 aromatic carbocycles. The number of ether oxygens (including phenoxy) is 2. The van der Waals surface area contributed by atoms with Crippen LogP contribution in [0.25, 0.3) is 22.5 Å². The quantitative estimate of drug-likeness (QED) is 0.108. The summed E-state index contributed by atoms with van der Waals surface area (Å²) in [6.45, 7) is 4.23. The van der Waals surface area contributed by atoms with E-state index in [1.54, 1.807) is 19.9 Å². The molecule has 4 aromatic rings. The van der Waals surface area contributed by atoms with E-state index in [2.05, 4.69) is 19.9 Å². The van der Waals surface area contributed by atoms with Crippen molar-refractivity contribution in [3.63, 3.8) is 0 Å². The second-order valence-electron chi connectivity index (χ2n) is 7.71. The van der Waals surface area contributed by atoms with Gasteiger partial charge in [0.2, 0.25) is 0 Å². The zero-order valence-electron chi connectivity index (χ0n) is 21.8. The van der Waals surface area contributed by atoms with Gasteiger partial charge in [0.1, 0.15) is 5.15 Å². The molecule has 0 bridgehead atoms. The lowest BCUT2D eigenvalue weighted by molar-refractivity contribution is -0.140. The average molecular weight is 599 g/mol. The molecule has 4 rings (SSSR count). The molecular weight excluding hydrogens is 572 g/mol. The predicted molar refractivity (Wildman–Crippen MR) is 157 cm³/mol. The number of carbonyl (C=O) groups is 2. The highest BCUT2D eigenvalue weighted by molar-refractivity contribution is 8.00. The number of nitrogens with zero attached hydrogens (tertiary/aromatic N) is 3. The van der Waals surface area contributed by atoms with Crippen molar-refractivity contribution in [2.24, 2.45) is 0 Å². The van der Waals surface area contributed by atoms with Crippen LogP contribution in [-0.2, 0) is 19.1 Å². The number of nitrogens with one attached hydrogen (secondary N) is 1. The van der Waals surface area contributed by atoms with Gasteiger partial charge in [-0.25, -0.2) is 15.0 Å². The standard InChI is InChI=1S/C14H13ClN2O2S.C14H14N2O3S/c1-2-19-13(18)9-20-14-16-11(8-12(15)17-14)10-6-4-3-5-7-10;1-2-19-13(18)9-20-14-15-11(8-12(17)16-14)10-6-4-3-5-7-10/h3-8H,2,9H2,1H3;3-8H,2,9H2,1H3,(H,15,16,17). The molecule has 0 spiro atoms. The van der Waals surface area contributed by atoms with Crippen LogP contribution >= 0.6 is 35.1 Å². The van der Waals surface area contributed by atoms with E-state index in [9.17, 15) is 14.4 Å². The Bertz CT molecular complexity index is 1460. The number of thioether (sulfide) groups is 2. The van der Waals surface area contributed by atoms with Gasteiger partial charge in [-0.1, -0.05) is 95.8 Å². The fraction of sp³-hybridized carbons (Fsp3) is 0.214. The van der Waals surface area contributed by atoms with E-state index in [0.717, 1.165) is 28.6 Å². The van der Waals surface area contributed by atoms with E-state index in [4.69, 9.17) is 21.1 Å². The van der Waals surface area contributed by atoms with Gasteiger partial charge in [0.15, 0.2) is 10.3 Å². The van der Waals surface area contributed by atoms with Gasteiger partial charge in [0.05, 0.1) is 36.1 Å². The van der Waals surface area contributed by atoms with Crippen molar-refractivity contribution in [3.8, 4) is 22.5 Å². The molecule has 0 amide bonds. The first-order valence-electron chi connectivity index (χ1n) is 12.2. The first kappa shape index (κ1) is 30.9. The van der Waals surface area contributed by atoms with Gasteiger partial charge in [-0.15, -0.1) is 0 Å². The van der Waals surface area contributed by atoms with Crippen molar-refractivity contribution in [2.75, 3.05) is 24.7 Å². The number of benzene rings is 2. The number of rotatable bonds is 10. The van der Waals surface area contributed by atoms with E-state index in [-0.39, 0.29) is 29.0 Å². The molecule has 12 heteroatoms. The van der Waals surface area contributed by atoms with E-state index in [1.807, 2.05) is 60.7 Å². The lowest BCUT2D eigenvalue weighted by atomic mass is 10.1. The minimum absolute atomic E-state index is 0.120. The van der Waals surface area contributed by atoms with Crippen LogP contribution in [0, 0.1) is 0 Å². The summed E-state index contributed by atoms with van der Waals surface area (Å²) < 4.78 is 9.69. The molecule has 0 aliphatic heterocycles. The van der Waals surface area contributed by atoms with Crippen molar-refractivity contribution in [2.45, 2.75) is 24.2 Å². The summed E-state index contributed by atoms with van der Waals surface area (Å²) in [5, 5.41) is 1.22. The van der Waals surface area contributed by atoms with E-state index < -0.39 is 0 Å². The first-order valence-corrected chi connectivity index (χ1v) is 14.6. The second-order valence-corrected chi connectivity index (χ2v) is 10.0. The van der Waals surface area contributed by atoms with E-state index in [1.165, 1.54) is 17.8 Å². The van der Waals surface area contributed by atoms with Crippen LogP contribution in [0.1, 0.15) is 13.8 Å². The Morgan fingerprint density at radius 2 is 1.30 bits per heavy atom. The SMILES string of the molecule is CCOC(=O)CSc1nc(-c2ccccc2)cc(=O)[nH]1.CCOC(=O)CSc1nc(Cl)cc(-c2ccccc2)n1. The molecule has 208 valence electrons. The highest BCUT2D eigenvalue weighted by Gasteiger charge is 2.10. The van der Waals surface area contributed by atoms with Crippen LogP contribution in [0.2, 0.25) is 5.15 Å². The Hall–Kier alpha value is -3.67. The molecule has 0 fully saturated rings. The van der Waals surface area contributed by atoms with Crippen LogP contribution in [0.3, 0.4) is 0 Å². The summed E-state index contributed by atoms with van der Waals surface area (Å²) in [4.78, 5) is 49.7. The van der Waals surface area contributed by atoms with Crippen molar-refractivity contribution in [3.05, 3.63) is 88.3 Å². The summed E-state index contributed by atoms with van der Waals surface area (Å²) in [7, 11) is 0. The van der Waals surface area contributed by atoms with Gasteiger partial charge in [-0.05, 0) is 13.8 Å². The topological polar surface area (TPSA) is 124 Å². The zero-order valence-corrected chi connectivity index (χ0v) is 24.2. The van der Waals surface area contributed by atoms with Gasteiger partial charge < -0.3 is 14.5 Å². The zero-order chi connectivity index (χ0) is 28.7. The van der Waals surface area contributed by atoms with Crippen molar-refractivity contribution in [1.29, 1.82) is 0 Å². The molecule has 0 atom stereocenters. The first-order chi connectivity index (χ1) is 19.4. The third kappa shape index (κ3) is 10.5. The van der Waals surface area contributed by atoms with Gasteiger partial charge in [0.25, 0.3) is 5.56 Å². The van der Waals surface area contributed by atoms with Gasteiger partial charge in [0, 0.05) is 23.3 Å². The molecule has 0 aliphatic rings. The molecule has 0 aliphatic carbocycles. The molecule has 0 unspecified atom stereocenters. The number of H-pyrrole nitrogens is 1. The van der Waals surface area contributed by atoms with Crippen molar-refractivity contribution in [1.82, 2.24) is 19.9 Å². The minimum Gasteiger partial charge on any atom is -0.465 e. The minimum atomic E-state index is -0.328. The maximum Gasteiger partial charge on any atom is 0.316 e. The van der Waals surface area contributed by atoms with Gasteiger partial charge in [-0.2, -0.15) is 0 Å². The second kappa shape index (κ2) is 16.4. The Morgan fingerprint density at radius 1 is 0.775 bits per heavy atom. The third-order valence-electron chi connectivity index (χ3n) is 4.79. The summed E-state index contributed by atoms with van der Waals surface area (Å²) in [6, 6.07) is 22.2. The van der Waals surface area contributed by atoms with E-state index in [0.29, 0.717) is 34.4 Å². The fourth-order valence-corrected chi connectivity index (χ4v) is 4.70. The number of aromatic nitrogens is 4. The van der Waals surface area contributed by atoms with Gasteiger partial charge in [-0.3, -0.25) is 14.4 Å². The van der Waals surface area contributed by atoms with Crippen LogP contribution in [0.4, 0.5) is 0 Å². The lowest BCUT2D eigenvalue weighted by Gasteiger charge is -2.05. The Kier molecular flexibility index (Phi) is 12.7. The monoisotopic (exact) mass is 598 g/mol. The smallest absolute Gasteiger partial charge is 0.316 e. The normalized spacial score (nSPS) is 10.3. The summed E-state index contributed by atoms with van der Waals surface area (Å²) in [5.74, 6) is -0.329. The molecule has 2 aromatic heterocycles. The highest BCUT2D eigenvalue weighted by atomic mass is 35.5. The number of hydrogen-bond donors (Lipinski definition) is 1. The number of carbonyl (C=O) groups excluding carboxylic acids is 2. The molecule has 0 radical (unpaired) electrons. The number of esters is 2. The van der Waals surface area contributed by atoms with Crippen LogP contribution in [0.5, 0.6) is 0 Å². The average Bonchev–Trinajstić information content (AvgIpc) is 2.96. The maximum atomic E-state index is 11.6. The Morgan fingerprint density at radius 3 is 1.85 bits per heavy atom. The summed E-state index contributed by atoms with van der Waals surface area (Å²) in [6.07, 6.45) is 0. The largest absolute Gasteiger partial charge is 0.465 e. The Balaban J connectivity index is 0.000000220. The number of hydrogen-bond acceptors (Lipinski definition) is 10. The predicted octanol–water partition coefficient (Wildman–Crippen LogP) is 5.54. The van der Waals surface area contributed by atoms with Crippen LogP contribution in [-0.4, -0.2) is 56.6 Å². The Labute approximate surface area is 245 Å². The lowest BCUT2D eigenvalue weighted by Crippen LogP contribution is -2.11. The summed E-state index contributed by atoms with van der Waals surface area (Å²) in [5.41, 5.74) is 2.88. The fourth-order valence-electron chi connectivity index (χ4n) is 3.13. The molecular formula is C28H27ClN4O5S2. The highest BCUT2D eigenvalue weighted by Crippen LogP contribution is 2.24. The van der Waals surface area contributed by atoms with Crippen molar-refractivity contribution < 1.29 is 19.1 Å². The molecule has 0 saturated heterocycles. The maximum absolute atomic E-state index is 11.6. The molecule has 2 heterocycles. The molecule has 0 saturated carbocycles. The van der Waals surface area contributed by atoms with E-state index >= 15 is 0 Å². The molecule has 1 N–H and O–H groups in total. The van der Waals surface area contributed by atoms with Crippen LogP contribution < -0.4 is 5.56 Å².